The Hall–Kier alpha value is -1.39. The van der Waals surface area contributed by atoms with Crippen molar-refractivity contribution in [2.45, 2.75) is 18.9 Å². The minimum Gasteiger partial charge on any atom is -0.394 e. The summed E-state index contributed by atoms with van der Waals surface area (Å²) in [6, 6.07) is 9.13. The first-order valence-electron chi connectivity index (χ1n) is 5.89. The van der Waals surface area contributed by atoms with Crippen LogP contribution in [-0.2, 0) is 4.79 Å². The van der Waals surface area contributed by atoms with Crippen LogP contribution in [0.25, 0.3) is 0 Å². The SMILES string of the molecule is NCC1(C(=O)N[C@H](CO)c2ccccc2)CC1. The fraction of sp³-hybridized carbons (Fsp3) is 0.462. The normalized spacial score (nSPS) is 18.5. The second-order valence-corrected chi connectivity index (χ2v) is 4.60. The van der Waals surface area contributed by atoms with Gasteiger partial charge in [-0.25, -0.2) is 0 Å². The topological polar surface area (TPSA) is 75.4 Å². The zero-order valence-electron chi connectivity index (χ0n) is 9.73. The van der Waals surface area contributed by atoms with Crippen LogP contribution in [0.4, 0.5) is 0 Å². The number of hydrogen-bond donors (Lipinski definition) is 3. The average Bonchev–Trinajstić information content (AvgIpc) is 3.17. The van der Waals surface area contributed by atoms with E-state index in [1.807, 2.05) is 30.3 Å². The molecular weight excluding hydrogens is 216 g/mol. The zero-order valence-corrected chi connectivity index (χ0v) is 9.73. The quantitative estimate of drug-likeness (QED) is 0.697. The third kappa shape index (κ3) is 2.48. The van der Waals surface area contributed by atoms with E-state index in [4.69, 9.17) is 5.73 Å². The van der Waals surface area contributed by atoms with Crippen molar-refractivity contribution in [2.24, 2.45) is 11.1 Å². The van der Waals surface area contributed by atoms with E-state index in [2.05, 4.69) is 5.32 Å². The molecule has 2 rings (SSSR count). The standard InChI is InChI=1S/C13H18N2O2/c14-9-13(6-7-13)12(17)15-11(8-16)10-4-2-1-3-5-10/h1-5,11,16H,6-9,14H2,(H,15,17)/t11-/m1/s1. The predicted octanol–water partition coefficient (Wildman–Crippen LogP) is 0.575. The fourth-order valence-electron chi connectivity index (χ4n) is 1.91. The summed E-state index contributed by atoms with van der Waals surface area (Å²) in [7, 11) is 0. The van der Waals surface area contributed by atoms with Crippen molar-refractivity contribution in [1.29, 1.82) is 0 Å². The Bertz CT molecular complexity index is 388. The third-order valence-corrected chi connectivity index (χ3v) is 3.42. The van der Waals surface area contributed by atoms with E-state index < -0.39 is 0 Å². The highest BCUT2D eigenvalue weighted by atomic mass is 16.3. The summed E-state index contributed by atoms with van der Waals surface area (Å²) in [5, 5.41) is 12.2. The number of amides is 1. The maximum atomic E-state index is 12.0. The first-order chi connectivity index (χ1) is 8.22. The van der Waals surface area contributed by atoms with E-state index in [1.165, 1.54) is 0 Å². The largest absolute Gasteiger partial charge is 0.394 e. The smallest absolute Gasteiger partial charge is 0.228 e. The van der Waals surface area contributed by atoms with Crippen molar-refractivity contribution >= 4 is 5.91 Å². The highest BCUT2D eigenvalue weighted by molar-refractivity contribution is 5.85. The summed E-state index contributed by atoms with van der Waals surface area (Å²) in [4.78, 5) is 12.0. The van der Waals surface area contributed by atoms with Crippen molar-refractivity contribution in [3.05, 3.63) is 35.9 Å². The van der Waals surface area contributed by atoms with Crippen LogP contribution in [-0.4, -0.2) is 24.2 Å². The molecule has 17 heavy (non-hydrogen) atoms. The van der Waals surface area contributed by atoms with Crippen LogP contribution in [0.5, 0.6) is 0 Å². The molecule has 4 nitrogen and oxygen atoms in total. The lowest BCUT2D eigenvalue weighted by Gasteiger charge is -2.20. The molecule has 0 radical (unpaired) electrons. The summed E-state index contributed by atoms with van der Waals surface area (Å²) >= 11 is 0. The number of benzene rings is 1. The lowest BCUT2D eigenvalue weighted by molar-refractivity contribution is -0.127. The Kier molecular flexibility index (Phi) is 3.45. The van der Waals surface area contributed by atoms with Gasteiger partial charge in [-0.05, 0) is 18.4 Å². The Labute approximate surface area is 101 Å². The van der Waals surface area contributed by atoms with E-state index in [0.29, 0.717) is 6.54 Å². The molecule has 0 unspecified atom stereocenters. The maximum absolute atomic E-state index is 12.0. The number of nitrogens with two attached hydrogens (primary N) is 1. The van der Waals surface area contributed by atoms with Crippen LogP contribution < -0.4 is 11.1 Å². The Morgan fingerprint density at radius 1 is 1.41 bits per heavy atom. The van der Waals surface area contributed by atoms with Gasteiger partial charge in [-0.1, -0.05) is 30.3 Å². The molecule has 0 heterocycles. The van der Waals surface area contributed by atoms with Gasteiger partial charge in [0.15, 0.2) is 0 Å². The van der Waals surface area contributed by atoms with Gasteiger partial charge in [0.2, 0.25) is 5.91 Å². The summed E-state index contributed by atoms with van der Waals surface area (Å²) < 4.78 is 0. The first-order valence-corrected chi connectivity index (χ1v) is 5.89. The number of rotatable bonds is 5. The van der Waals surface area contributed by atoms with E-state index in [9.17, 15) is 9.90 Å². The molecule has 1 aliphatic rings. The van der Waals surface area contributed by atoms with Crippen LogP contribution in [0.1, 0.15) is 24.4 Å². The van der Waals surface area contributed by atoms with Gasteiger partial charge < -0.3 is 16.2 Å². The summed E-state index contributed by atoms with van der Waals surface area (Å²) in [5.74, 6) is -0.0390. The lowest BCUT2D eigenvalue weighted by Crippen LogP contribution is -2.39. The van der Waals surface area contributed by atoms with Crippen molar-refractivity contribution < 1.29 is 9.90 Å². The molecule has 1 fully saturated rings. The van der Waals surface area contributed by atoms with Gasteiger partial charge in [-0.2, -0.15) is 0 Å². The van der Waals surface area contributed by atoms with Crippen molar-refractivity contribution in [2.75, 3.05) is 13.2 Å². The van der Waals surface area contributed by atoms with Crippen LogP contribution in [0.15, 0.2) is 30.3 Å². The lowest BCUT2D eigenvalue weighted by atomic mass is 10.0. The molecule has 0 aliphatic heterocycles. The molecule has 1 aromatic carbocycles. The molecule has 0 bridgehead atoms. The Morgan fingerprint density at radius 2 is 2.06 bits per heavy atom. The average molecular weight is 234 g/mol. The highest BCUT2D eigenvalue weighted by Crippen LogP contribution is 2.45. The summed E-state index contributed by atoms with van der Waals surface area (Å²) in [6.45, 7) is 0.280. The molecule has 1 saturated carbocycles. The van der Waals surface area contributed by atoms with Gasteiger partial charge in [0.25, 0.3) is 0 Å². The first kappa shape index (κ1) is 12.1. The van der Waals surface area contributed by atoms with E-state index in [1.54, 1.807) is 0 Å². The van der Waals surface area contributed by atoms with E-state index >= 15 is 0 Å². The van der Waals surface area contributed by atoms with E-state index in [0.717, 1.165) is 18.4 Å². The molecule has 0 saturated heterocycles. The molecule has 4 N–H and O–H groups in total. The number of aliphatic hydroxyl groups is 1. The minimum atomic E-state index is -0.373. The number of carbonyl (C=O) groups excluding carboxylic acids is 1. The van der Waals surface area contributed by atoms with Crippen molar-refractivity contribution in [3.63, 3.8) is 0 Å². The minimum absolute atomic E-state index is 0.0390. The third-order valence-electron chi connectivity index (χ3n) is 3.42. The van der Waals surface area contributed by atoms with E-state index in [-0.39, 0.29) is 24.0 Å². The van der Waals surface area contributed by atoms with Gasteiger partial charge in [0.1, 0.15) is 0 Å². The highest BCUT2D eigenvalue weighted by Gasteiger charge is 2.48. The molecule has 4 heteroatoms. The van der Waals surface area contributed by atoms with Crippen LogP contribution >= 0.6 is 0 Å². The molecule has 1 aliphatic carbocycles. The monoisotopic (exact) mass is 234 g/mol. The number of aliphatic hydroxyl groups excluding tert-OH is 1. The molecule has 0 aromatic heterocycles. The van der Waals surface area contributed by atoms with Crippen LogP contribution in [0, 0.1) is 5.41 Å². The Morgan fingerprint density at radius 3 is 2.53 bits per heavy atom. The zero-order chi connectivity index (χ0) is 12.3. The van der Waals surface area contributed by atoms with Crippen molar-refractivity contribution in [1.82, 2.24) is 5.32 Å². The predicted molar refractivity (Wildman–Crippen MR) is 65.1 cm³/mol. The van der Waals surface area contributed by atoms with Gasteiger partial charge in [0, 0.05) is 6.54 Å². The fourth-order valence-corrected chi connectivity index (χ4v) is 1.91. The molecule has 1 aromatic rings. The van der Waals surface area contributed by atoms with Gasteiger partial charge in [0.05, 0.1) is 18.1 Å². The molecule has 0 spiro atoms. The maximum Gasteiger partial charge on any atom is 0.228 e. The number of hydrogen-bond acceptors (Lipinski definition) is 3. The molecule has 92 valence electrons. The number of nitrogens with one attached hydrogen (secondary N) is 1. The second-order valence-electron chi connectivity index (χ2n) is 4.60. The summed E-state index contributed by atoms with van der Waals surface area (Å²) in [5.41, 5.74) is 6.14. The van der Waals surface area contributed by atoms with Gasteiger partial charge in [-0.15, -0.1) is 0 Å². The van der Waals surface area contributed by atoms with Crippen LogP contribution in [0.3, 0.4) is 0 Å². The van der Waals surface area contributed by atoms with Gasteiger partial charge >= 0.3 is 0 Å². The summed E-state index contributed by atoms with van der Waals surface area (Å²) in [6.07, 6.45) is 1.70. The molecule has 1 amide bonds. The molecular formula is C13H18N2O2. The number of carbonyl (C=O) groups is 1. The van der Waals surface area contributed by atoms with Crippen LogP contribution in [0.2, 0.25) is 0 Å². The second kappa shape index (κ2) is 4.85. The van der Waals surface area contributed by atoms with Gasteiger partial charge in [-0.3, -0.25) is 4.79 Å². The Balaban J connectivity index is 2.04. The van der Waals surface area contributed by atoms with Crippen molar-refractivity contribution in [3.8, 4) is 0 Å². The molecule has 1 atom stereocenters.